The number of nitrogens with one attached hydrogen (secondary N) is 1. The van der Waals surface area contributed by atoms with Gasteiger partial charge in [0.2, 0.25) is 21.9 Å². The normalized spacial score (nSPS) is 15.7. The summed E-state index contributed by atoms with van der Waals surface area (Å²) in [7, 11) is -4.05. The molecule has 3 rings (SSSR count). The van der Waals surface area contributed by atoms with E-state index in [0.29, 0.717) is 44.3 Å². The zero-order valence-corrected chi connectivity index (χ0v) is 19.3. The number of amides is 1. The maximum atomic E-state index is 13.4. The summed E-state index contributed by atoms with van der Waals surface area (Å²) in [6.07, 6.45) is 5.54. The number of carbonyl (C=O) groups excluding carboxylic acids is 1. The lowest BCUT2D eigenvalue weighted by Crippen LogP contribution is -2.55. The molecule has 1 saturated heterocycles. The molecule has 0 saturated carbocycles. The van der Waals surface area contributed by atoms with Crippen LogP contribution in [-0.4, -0.2) is 73.4 Å². The SMILES string of the molecule is CSCC[C@H](NS(=O)(=O)c1ccc(F)c(Cl)c1)C(=O)N1CCN(c2ncccn2)CC1. The van der Waals surface area contributed by atoms with E-state index in [2.05, 4.69) is 14.7 Å². The molecule has 1 aliphatic rings. The average Bonchev–Trinajstić information content (AvgIpc) is 2.78. The van der Waals surface area contributed by atoms with Crippen LogP contribution in [0.3, 0.4) is 0 Å². The Balaban J connectivity index is 1.70. The minimum Gasteiger partial charge on any atom is -0.338 e. The van der Waals surface area contributed by atoms with E-state index in [-0.39, 0.29) is 15.8 Å². The Labute approximate surface area is 190 Å². The van der Waals surface area contributed by atoms with Crippen molar-refractivity contribution in [2.45, 2.75) is 17.4 Å². The molecule has 1 aromatic carbocycles. The van der Waals surface area contributed by atoms with E-state index in [4.69, 9.17) is 11.6 Å². The first-order chi connectivity index (χ1) is 14.8. The van der Waals surface area contributed by atoms with Crippen LogP contribution in [0.2, 0.25) is 5.02 Å². The highest BCUT2D eigenvalue weighted by Gasteiger charge is 2.31. The molecule has 2 heterocycles. The van der Waals surface area contributed by atoms with E-state index in [0.717, 1.165) is 18.2 Å². The fraction of sp³-hybridized carbons (Fsp3) is 0.421. The third-order valence-electron chi connectivity index (χ3n) is 4.83. The predicted molar refractivity (Wildman–Crippen MR) is 119 cm³/mol. The summed E-state index contributed by atoms with van der Waals surface area (Å²) in [5, 5.41) is -0.297. The van der Waals surface area contributed by atoms with Gasteiger partial charge in [0, 0.05) is 38.6 Å². The zero-order valence-electron chi connectivity index (χ0n) is 16.9. The van der Waals surface area contributed by atoms with Gasteiger partial charge in [-0.2, -0.15) is 16.5 Å². The Morgan fingerprint density at radius 3 is 2.55 bits per heavy atom. The first kappa shape index (κ1) is 23.7. The van der Waals surface area contributed by atoms with Gasteiger partial charge in [-0.15, -0.1) is 0 Å². The van der Waals surface area contributed by atoms with Gasteiger partial charge in [-0.25, -0.2) is 22.8 Å². The van der Waals surface area contributed by atoms with E-state index in [9.17, 15) is 17.6 Å². The van der Waals surface area contributed by atoms with Crippen molar-refractivity contribution >= 4 is 45.2 Å². The molecule has 1 amide bonds. The Morgan fingerprint density at radius 2 is 1.94 bits per heavy atom. The second-order valence-electron chi connectivity index (χ2n) is 6.89. The van der Waals surface area contributed by atoms with Gasteiger partial charge in [0.15, 0.2) is 0 Å². The van der Waals surface area contributed by atoms with Crippen LogP contribution in [0.4, 0.5) is 10.3 Å². The number of nitrogens with zero attached hydrogens (tertiary/aromatic N) is 4. The van der Waals surface area contributed by atoms with Crippen molar-refractivity contribution in [1.29, 1.82) is 0 Å². The molecular weight excluding hydrogens is 465 g/mol. The van der Waals surface area contributed by atoms with Crippen molar-refractivity contribution in [1.82, 2.24) is 19.6 Å². The number of sulfonamides is 1. The monoisotopic (exact) mass is 487 g/mol. The largest absolute Gasteiger partial charge is 0.338 e. The lowest BCUT2D eigenvalue weighted by molar-refractivity contribution is -0.133. The van der Waals surface area contributed by atoms with Gasteiger partial charge in [0.25, 0.3) is 0 Å². The van der Waals surface area contributed by atoms with Gasteiger partial charge in [-0.3, -0.25) is 4.79 Å². The molecule has 31 heavy (non-hydrogen) atoms. The minimum absolute atomic E-state index is 0.188. The van der Waals surface area contributed by atoms with Crippen molar-refractivity contribution in [3.8, 4) is 0 Å². The van der Waals surface area contributed by atoms with Crippen molar-refractivity contribution in [2.75, 3.05) is 43.1 Å². The topological polar surface area (TPSA) is 95.5 Å². The fourth-order valence-electron chi connectivity index (χ4n) is 3.17. The maximum Gasteiger partial charge on any atom is 0.241 e. The van der Waals surface area contributed by atoms with Gasteiger partial charge in [0.1, 0.15) is 11.9 Å². The van der Waals surface area contributed by atoms with Gasteiger partial charge >= 0.3 is 0 Å². The smallest absolute Gasteiger partial charge is 0.241 e. The van der Waals surface area contributed by atoms with Crippen molar-refractivity contribution in [3.63, 3.8) is 0 Å². The van der Waals surface area contributed by atoms with E-state index in [1.807, 2.05) is 11.2 Å². The number of anilines is 1. The van der Waals surface area contributed by atoms with Gasteiger partial charge in [0.05, 0.1) is 9.92 Å². The number of rotatable bonds is 8. The van der Waals surface area contributed by atoms with Crippen molar-refractivity contribution < 1.29 is 17.6 Å². The second kappa shape index (κ2) is 10.6. The maximum absolute atomic E-state index is 13.4. The summed E-state index contributed by atoms with van der Waals surface area (Å²) in [5.74, 6) is 0.193. The molecule has 1 fully saturated rings. The number of thioether (sulfide) groups is 1. The average molecular weight is 488 g/mol. The van der Waals surface area contributed by atoms with E-state index >= 15 is 0 Å². The first-order valence-electron chi connectivity index (χ1n) is 9.59. The van der Waals surface area contributed by atoms with Crippen LogP contribution in [0.1, 0.15) is 6.42 Å². The third kappa shape index (κ3) is 6.06. The zero-order chi connectivity index (χ0) is 22.4. The second-order valence-corrected chi connectivity index (χ2v) is 10.00. The minimum atomic E-state index is -4.05. The highest BCUT2D eigenvalue weighted by Crippen LogP contribution is 2.20. The number of benzene rings is 1. The van der Waals surface area contributed by atoms with Crippen molar-refractivity contribution in [3.05, 3.63) is 47.5 Å². The van der Waals surface area contributed by atoms with Crippen LogP contribution in [0, 0.1) is 5.82 Å². The van der Waals surface area contributed by atoms with E-state index < -0.39 is 21.9 Å². The molecule has 1 atom stereocenters. The molecule has 1 N–H and O–H groups in total. The molecule has 168 valence electrons. The van der Waals surface area contributed by atoms with Crippen LogP contribution >= 0.6 is 23.4 Å². The standard InChI is InChI=1S/C19H23ClFN5O3S2/c1-30-12-5-17(24-31(28,29)14-3-4-16(21)15(20)13-14)18(27)25-8-10-26(11-9-25)19-22-6-2-7-23-19/h2-4,6-7,13,17,24H,5,8-12H2,1H3/t17-/m0/s1. The molecule has 0 bridgehead atoms. The summed E-state index contributed by atoms with van der Waals surface area (Å²) in [4.78, 5) is 25.0. The molecule has 8 nitrogen and oxygen atoms in total. The summed E-state index contributed by atoms with van der Waals surface area (Å²) < 4.78 is 41.5. The molecular formula is C19H23ClFN5O3S2. The number of hydrogen-bond donors (Lipinski definition) is 1. The number of halogens is 2. The summed E-state index contributed by atoms with van der Waals surface area (Å²) >= 11 is 7.24. The molecule has 0 unspecified atom stereocenters. The highest BCUT2D eigenvalue weighted by atomic mass is 35.5. The Hall–Kier alpha value is -1.95. The van der Waals surface area contributed by atoms with Crippen LogP contribution in [0.25, 0.3) is 0 Å². The molecule has 12 heteroatoms. The Kier molecular flexibility index (Phi) is 8.09. The predicted octanol–water partition coefficient (Wildman–Crippen LogP) is 2.02. The highest BCUT2D eigenvalue weighted by molar-refractivity contribution is 7.98. The lowest BCUT2D eigenvalue weighted by Gasteiger charge is -2.36. The lowest BCUT2D eigenvalue weighted by atomic mass is 10.2. The number of carbonyl (C=O) groups is 1. The molecule has 0 aliphatic carbocycles. The Morgan fingerprint density at radius 1 is 1.26 bits per heavy atom. The molecule has 1 aliphatic heterocycles. The van der Waals surface area contributed by atoms with E-state index in [1.165, 1.54) is 11.8 Å². The number of piperazine rings is 1. The first-order valence-corrected chi connectivity index (χ1v) is 12.8. The molecule has 2 aromatic rings. The van der Waals surface area contributed by atoms with Gasteiger partial charge < -0.3 is 9.80 Å². The third-order valence-corrected chi connectivity index (χ3v) is 7.24. The summed E-state index contributed by atoms with van der Waals surface area (Å²) in [6.45, 7) is 1.95. The van der Waals surface area contributed by atoms with E-state index in [1.54, 1.807) is 23.4 Å². The quantitative estimate of drug-likeness (QED) is 0.608. The molecule has 1 aromatic heterocycles. The summed E-state index contributed by atoms with van der Waals surface area (Å²) in [5.41, 5.74) is 0. The van der Waals surface area contributed by atoms with Crippen LogP contribution < -0.4 is 9.62 Å². The fourth-order valence-corrected chi connectivity index (χ4v) is 5.14. The van der Waals surface area contributed by atoms with Crippen LogP contribution in [-0.2, 0) is 14.8 Å². The summed E-state index contributed by atoms with van der Waals surface area (Å²) in [6, 6.07) is 3.95. The number of hydrogen-bond acceptors (Lipinski definition) is 7. The molecule has 0 radical (unpaired) electrons. The van der Waals surface area contributed by atoms with Crippen LogP contribution in [0.15, 0.2) is 41.6 Å². The Bertz CT molecular complexity index is 1000. The molecule has 0 spiro atoms. The number of aromatic nitrogens is 2. The van der Waals surface area contributed by atoms with Gasteiger partial charge in [-0.1, -0.05) is 11.6 Å². The van der Waals surface area contributed by atoms with Crippen molar-refractivity contribution in [2.24, 2.45) is 0 Å². The van der Waals surface area contributed by atoms with Gasteiger partial charge in [-0.05, 0) is 42.7 Å². The van der Waals surface area contributed by atoms with Crippen LogP contribution in [0.5, 0.6) is 0 Å².